The van der Waals surface area contributed by atoms with E-state index < -0.39 is 17.2 Å². The molecule has 0 fully saturated rings. The summed E-state index contributed by atoms with van der Waals surface area (Å²) in [7, 11) is 0. The number of halogens is 1. The largest absolute Gasteiger partial charge is 0.444 e. The molecule has 1 aromatic rings. The Kier molecular flexibility index (Phi) is 6.16. The number of amides is 1. The molecule has 2 N–H and O–H groups in total. The summed E-state index contributed by atoms with van der Waals surface area (Å²) in [6.07, 6.45) is 1.36. The van der Waals surface area contributed by atoms with Gasteiger partial charge in [0.2, 0.25) is 0 Å². The first-order valence-corrected chi connectivity index (χ1v) is 7.69. The van der Waals surface area contributed by atoms with Crippen molar-refractivity contribution in [3.05, 3.63) is 28.5 Å². The highest BCUT2D eigenvalue weighted by molar-refractivity contribution is 9.10. The highest BCUT2D eigenvalue weighted by Gasteiger charge is 2.24. The van der Waals surface area contributed by atoms with Gasteiger partial charge in [0.05, 0.1) is 11.2 Å². The van der Waals surface area contributed by atoms with Crippen molar-refractivity contribution < 1.29 is 9.53 Å². The second-order valence-corrected chi connectivity index (χ2v) is 7.50. The molecule has 0 unspecified atom stereocenters. The van der Waals surface area contributed by atoms with Gasteiger partial charge >= 0.3 is 6.09 Å². The van der Waals surface area contributed by atoms with Crippen molar-refractivity contribution in [2.75, 3.05) is 6.54 Å². The second kappa shape index (κ2) is 7.22. The molecule has 0 aliphatic rings. The molecule has 0 saturated heterocycles. The summed E-state index contributed by atoms with van der Waals surface area (Å²) in [5.41, 5.74) is 0.0541. The van der Waals surface area contributed by atoms with Crippen molar-refractivity contribution in [2.24, 2.45) is 0 Å². The lowest BCUT2D eigenvalue weighted by Crippen LogP contribution is -2.51. The lowest BCUT2D eigenvalue weighted by atomic mass is 10.1. The summed E-state index contributed by atoms with van der Waals surface area (Å²) in [5.74, 6) is 0. The van der Waals surface area contributed by atoms with Crippen LogP contribution in [0.2, 0.25) is 0 Å². The van der Waals surface area contributed by atoms with Crippen LogP contribution in [0.25, 0.3) is 0 Å². The number of nitrogens with zero attached hydrogens (tertiary/aromatic N) is 1. The first-order chi connectivity index (χ1) is 9.57. The van der Waals surface area contributed by atoms with E-state index in [1.165, 1.54) is 0 Å². The molecule has 0 aliphatic heterocycles. The van der Waals surface area contributed by atoms with Crippen LogP contribution in [0.15, 0.2) is 22.8 Å². The van der Waals surface area contributed by atoms with Crippen LogP contribution in [0.4, 0.5) is 4.79 Å². The van der Waals surface area contributed by atoms with E-state index in [0.29, 0.717) is 13.1 Å². The highest BCUT2D eigenvalue weighted by Crippen LogP contribution is 2.10. The van der Waals surface area contributed by atoms with Gasteiger partial charge in [-0.1, -0.05) is 0 Å². The quantitative estimate of drug-likeness (QED) is 0.848. The third kappa shape index (κ3) is 8.02. The summed E-state index contributed by atoms with van der Waals surface area (Å²) in [4.78, 5) is 16.1. The van der Waals surface area contributed by atoms with Gasteiger partial charge in [-0.2, -0.15) is 0 Å². The number of rotatable bonds is 5. The van der Waals surface area contributed by atoms with Crippen LogP contribution in [0.5, 0.6) is 0 Å². The molecular formula is C15H24BrN3O2. The van der Waals surface area contributed by atoms with Gasteiger partial charge in [-0.25, -0.2) is 4.79 Å². The smallest absolute Gasteiger partial charge is 0.408 e. The average molecular weight is 358 g/mol. The molecular weight excluding hydrogens is 334 g/mol. The fourth-order valence-electron chi connectivity index (χ4n) is 1.64. The molecule has 1 heterocycles. The molecule has 1 amide bonds. The van der Waals surface area contributed by atoms with Crippen molar-refractivity contribution in [3.8, 4) is 0 Å². The molecule has 6 heteroatoms. The zero-order valence-corrected chi connectivity index (χ0v) is 14.9. The molecule has 0 bridgehead atoms. The number of carbonyl (C=O) groups is 1. The number of alkyl carbamates (subject to hydrolysis) is 1. The third-order valence-corrected chi connectivity index (χ3v) is 2.97. The Balaban J connectivity index is 2.38. The van der Waals surface area contributed by atoms with Crippen molar-refractivity contribution in [1.82, 2.24) is 15.6 Å². The molecule has 5 nitrogen and oxygen atoms in total. The van der Waals surface area contributed by atoms with Gasteiger partial charge in [0.15, 0.2) is 0 Å². The fourth-order valence-corrected chi connectivity index (χ4v) is 1.87. The first kappa shape index (κ1) is 17.9. The molecule has 0 radical (unpaired) electrons. The molecule has 0 aliphatic carbocycles. The van der Waals surface area contributed by atoms with Gasteiger partial charge in [-0.15, -0.1) is 0 Å². The van der Waals surface area contributed by atoms with E-state index in [0.717, 1.165) is 10.2 Å². The fraction of sp³-hybridized carbons (Fsp3) is 0.600. The lowest BCUT2D eigenvalue weighted by molar-refractivity contribution is 0.0472. The Morgan fingerprint density at radius 1 is 1.29 bits per heavy atom. The predicted octanol–water partition coefficient (Wildman–Crippen LogP) is 3.24. The van der Waals surface area contributed by atoms with E-state index in [4.69, 9.17) is 4.74 Å². The minimum Gasteiger partial charge on any atom is -0.444 e. The van der Waals surface area contributed by atoms with Crippen LogP contribution < -0.4 is 10.6 Å². The zero-order chi connectivity index (χ0) is 16.1. The van der Waals surface area contributed by atoms with Crippen LogP contribution in [-0.4, -0.2) is 28.8 Å². The van der Waals surface area contributed by atoms with Gasteiger partial charge in [0, 0.05) is 23.8 Å². The SMILES string of the molecule is CC(C)(CNCc1ccc(Br)cn1)NC(=O)OC(C)(C)C. The Bertz CT molecular complexity index is 467. The summed E-state index contributed by atoms with van der Waals surface area (Å²) in [5, 5.41) is 6.14. The van der Waals surface area contributed by atoms with Crippen molar-refractivity contribution >= 4 is 22.0 Å². The Hall–Kier alpha value is -1.14. The molecule has 1 aromatic heterocycles. The van der Waals surface area contributed by atoms with Crippen molar-refractivity contribution in [3.63, 3.8) is 0 Å². The van der Waals surface area contributed by atoms with Gasteiger partial charge in [-0.05, 0) is 62.7 Å². The van der Waals surface area contributed by atoms with E-state index in [-0.39, 0.29) is 0 Å². The van der Waals surface area contributed by atoms with E-state index >= 15 is 0 Å². The zero-order valence-electron chi connectivity index (χ0n) is 13.3. The number of hydrogen-bond acceptors (Lipinski definition) is 4. The van der Waals surface area contributed by atoms with Gasteiger partial charge in [-0.3, -0.25) is 4.98 Å². The summed E-state index contributed by atoms with van der Waals surface area (Å²) >= 11 is 3.35. The summed E-state index contributed by atoms with van der Waals surface area (Å²) in [6, 6.07) is 3.90. The first-order valence-electron chi connectivity index (χ1n) is 6.90. The van der Waals surface area contributed by atoms with E-state index in [1.54, 1.807) is 6.20 Å². The Morgan fingerprint density at radius 2 is 1.95 bits per heavy atom. The molecule has 0 saturated carbocycles. The van der Waals surface area contributed by atoms with Crippen molar-refractivity contribution in [2.45, 2.75) is 52.3 Å². The van der Waals surface area contributed by atoms with E-state index in [2.05, 4.69) is 31.5 Å². The maximum Gasteiger partial charge on any atom is 0.408 e. The monoisotopic (exact) mass is 357 g/mol. The van der Waals surface area contributed by atoms with Crippen molar-refractivity contribution in [1.29, 1.82) is 0 Å². The number of pyridine rings is 1. The topological polar surface area (TPSA) is 63.2 Å². The van der Waals surface area contributed by atoms with Crippen LogP contribution >= 0.6 is 15.9 Å². The minimum absolute atomic E-state index is 0.405. The van der Waals surface area contributed by atoms with Crippen LogP contribution in [0, 0.1) is 0 Å². The maximum absolute atomic E-state index is 11.8. The number of ether oxygens (including phenoxy) is 1. The minimum atomic E-state index is -0.491. The standard InChI is InChI=1S/C15H24BrN3O2/c1-14(2,3)21-13(20)19-15(4,5)10-17-9-12-7-6-11(16)8-18-12/h6-8,17H,9-10H2,1-5H3,(H,19,20). The van der Waals surface area contributed by atoms with E-state index in [1.807, 2.05) is 46.8 Å². The van der Waals surface area contributed by atoms with E-state index in [9.17, 15) is 4.79 Å². The number of nitrogens with one attached hydrogen (secondary N) is 2. The second-order valence-electron chi connectivity index (χ2n) is 6.58. The van der Waals surface area contributed by atoms with Gasteiger partial charge in [0.25, 0.3) is 0 Å². The Labute approximate surface area is 135 Å². The van der Waals surface area contributed by atoms with Gasteiger partial charge in [0.1, 0.15) is 5.60 Å². The lowest BCUT2D eigenvalue weighted by Gasteiger charge is -2.28. The molecule has 118 valence electrons. The number of hydrogen-bond donors (Lipinski definition) is 2. The van der Waals surface area contributed by atoms with Gasteiger partial charge < -0.3 is 15.4 Å². The maximum atomic E-state index is 11.8. The average Bonchev–Trinajstić information content (AvgIpc) is 2.28. The Morgan fingerprint density at radius 3 is 2.48 bits per heavy atom. The molecule has 21 heavy (non-hydrogen) atoms. The molecule has 0 atom stereocenters. The molecule has 0 aromatic carbocycles. The van der Waals surface area contributed by atoms with Crippen LogP contribution in [0.3, 0.4) is 0 Å². The summed E-state index contributed by atoms with van der Waals surface area (Å²) in [6.45, 7) is 10.7. The highest BCUT2D eigenvalue weighted by atomic mass is 79.9. The normalized spacial score (nSPS) is 12.1. The number of carbonyl (C=O) groups excluding carboxylic acids is 1. The predicted molar refractivity (Wildman–Crippen MR) is 87.1 cm³/mol. The number of aromatic nitrogens is 1. The molecule has 0 spiro atoms. The van der Waals surface area contributed by atoms with Crippen LogP contribution in [-0.2, 0) is 11.3 Å². The third-order valence-electron chi connectivity index (χ3n) is 2.50. The molecule has 1 rings (SSSR count). The van der Waals surface area contributed by atoms with Crippen LogP contribution in [0.1, 0.15) is 40.3 Å². The summed E-state index contributed by atoms with van der Waals surface area (Å²) < 4.78 is 6.21.